The summed E-state index contributed by atoms with van der Waals surface area (Å²) in [5.41, 5.74) is 10.0. The molecule has 0 unspecified atom stereocenters. The average Bonchev–Trinajstić information content (AvgIpc) is 0.766. The first-order valence-electron chi connectivity index (χ1n) is 33.6. The number of carbonyl (C=O) groups excluding carboxylic acids is 14. The number of fused-ring (bicyclic) bond motifs is 8. The third kappa shape index (κ3) is 18.0. The molecule has 0 heterocycles. The quantitative estimate of drug-likeness (QED) is 0.0725. The smallest absolute Gasteiger partial charge is 0.545 e. The molecule has 114 heavy (non-hydrogen) atoms. The second-order valence-corrected chi connectivity index (χ2v) is 25.3. The van der Waals surface area contributed by atoms with E-state index in [1.807, 2.05) is 0 Å². The Morgan fingerprint density at radius 2 is 0.368 bits per heavy atom. The van der Waals surface area contributed by atoms with E-state index in [0.717, 1.165) is 12.8 Å². The zero-order chi connectivity index (χ0) is 78.8. The zero-order valence-corrected chi connectivity index (χ0v) is 63.1. The Balaban J connectivity index is 0.000000200. The maximum absolute atomic E-state index is 13.0. The normalized spacial score (nSPS) is 11.5. The molecule has 566 valence electrons. The van der Waals surface area contributed by atoms with Crippen molar-refractivity contribution in [3.05, 3.63) is 378 Å². The zero-order valence-electron chi connectivity index (χ0n) is 60.7. The van der Waals surface area contributed by atoms with Crippen LogP contribution in [0.3, 0.4) is 0 Å². The van der Waals surface area contributed by atoms with Crippen LogP contribution in [-0.2, 0) is 54.7 Å². The fourth-order valence-electron chi connectivity index (χ4n) is 12.8. The van der Waals surface area contributed by atoms with Crippen LogP contribution in [0.1, 0.15) is 169 Å². The van der Waals surface area contributed by atoms with E-state index < -0.39 is 23.9 Å². The number of amides is 2. The van der Waals surface area contributed by atoms with Gasteiger partial charge >= 0.3 is 34.1 Å². The van der Waals surface area contributed by atoms with E-state index in [2.05, 4.69) is 0 Å². The van der Waals surface area contributed by atoms with E-state index in [0.29, 0.717) is 134 Å². The molecule has 0 aromatic heterocycles. The van der Waals surface area contributed by atoms with Gasteiger partial charge in [0, 0.05) is 117 Å². The summed E-state index contributed by atoms with van der Waals surface area (Å²) in [5, 5.41) is 44.5. The van der Waals surface area contributed by atoms with Crippen LogP contribution in [0.2, 0.25) is 0 Å². The molecular weight excluding hydrogens is 1540 g/mol. The first-order chi connectivity index (χ1) is 52.8. The summed E-state index contributed by atoms with van der Waals surface area (Å²) in [5.74, 6) is -6.94. The molecule has 0 saturated carbocycles. The molecule has 0 bridgehead atoms. The summed E-state index contributed by atoms with van der Waals surface area (Å²) in [6.07, 6.45) is 1.50. The van der Waals surface area contributed by atoms with Crippen molar-refractivity contribution in [2.75, 3.05) is 28.2 Å². The Bertz CT molecular complexity index is 5200. The van der Waals surface area contributed by atoms with E-state index in [-0.39, 0.29) is 114 Å². The standard InChI is InChI=1S/4C21H12O4.2C3H7NO.2Mn.2H2O/c4*22-19-15-7-1-2-8-16(15)20(23)18-14(9-4-10-17(18)19)12-5-3-6-13(11-12)21(24)25;2*1-4(2)3-5;;;;/h4*1-11H,(H,24,25);2*3H,1-2H3;;;2*1H2/q;;;;;;2*+2;;/p-2. The van der Waals surface area contributed by atoms with Gasteiger partial charge in [-0.1, -0.05) is 243 Å². The predicted octanol–water partition coefficient (Wildman–Crippen LogP) is 7.53. The Morgan fingerprint density at radius 3 is 0.526 bits per heavy atom. The monoisotopic (exact) mass is 1600 g/mol. The molecule has 2 amide bonds. The van der Waals surface area contributed by atoms with Crippen molar-refractivity contribution in [1.29, 1.82) is 0 Å². The van der Waals surface area contributed by atoms with Crippen LogP contribution in [0.15, 0.2) is 267 Å². The van der Waals surface area contributed by atoms with Gasteiger partial charge in [-0.2, -0.15) is 0 Å². The number of ketones is 8. The second kappa shape index (κ2) is 37.9. The summed E-state index contributed by atoms with van der Waals surface area (Å²) in [6.45, 7) is 0. The summed E-state index contributed by atoms with van der Waals surface area (Å²) < 4.78 is 0. The third-order valence-corrected chi connectivity index (χ3v) is 17.9. The van der Waals surface area contributed by atoms with Crippen molar-refractivity contribution >= 4 is 83.0 Å². The summed E-state index contributed by atoms with van der Waals surface area (Å²) >= 11 is 0. The fraction of sp³-hybridized carbons (Fsp3) is 0.0444. The number of hydrogen-bond acceptors (Lipinski definition) is 18. The molecule has 0 spiro atoms. The van der Waals surface area contributed by atoms with Crippen molar-refractivity contribution in [3.8, 4) is 44.5 Å². The molecule has 6 N–H and O–H groups in total. The molecule has 16 rings (SSSR count). The van der Waals surface area contributed by atoms with Crippen molar-refractivity contribution in [3.63, 3.8) is 0 Å². The number of carbonyl (C=O) groups is 14. The molecular formula is C90H64Mn2N2O20+2. The van der Waals surface area contributed by atoms with Crippen LogP contribution < -0.4 is 20.4 Å². The molecule has 24 heteroatoms. The van der Waals surface area contributed by atoms with Gasteiger partial charge in [-0.25, -0.2) is 0 Å². The van der Waals surface area contributed by atoms with Gasteiger partial charge in [0.05, 0.1) is 23.9 Å². The van der Waals surface area contributed by atoms with Crippen molar-refractivity contribution < 1.29 is 133 Å². The van der Waals surface area contributed by atoms with Crippen LogP contribution in [-0.4, -0.2) is 121 Å². The maximum Gasteiger partial charge on any atom is 2.00 e. The van der Waals surface area contributed by atoms with Crippen molar-refractivity contribution in [2.24, 2.45) is 0 Å². The summed E-state index contributed by atoms with van der Waals surface area (Å²) in [7, 11) is 6.75. The molecule has 0 fully saturated rings. The maximum atomic E-state index is 13.0. The number of carboxylic acids is 4. The van der Waals surface area contributed by atoms with Gasteiger partial charge in [0.25, 0.3) is 0 Å². The van der Waals surface area contributed by atoms with Gasteiger partial charge in [-0.05, 0) is 91.0 Å². The largest absolute Gasteiger partial charge is 2.00 e. The minimum absolute atomic E-state index is 0. The van der Waals surface area contributed by atoms with Gasteiger partial charge < -0.3 is 60.4 Å². The molecule has 0 aliphatic heterocycles. The number of carboxylic acid groups (broad SMARTS) is 4. The van der Waals surface area contributed by atoms with E-state index in [1.165, 1.54) is 58.3 Å². The average molecular weight is 1600 g/mol. The van der Waals surface area contributed by atoms with Crippen molar-refractivity contribution in [1.82, 2.24) is 9.80 Å². The van der Waals surface area contributed by atoms with E-state index >= 15 is 0 Å². The van der Waals surface area contributed by atoms with Gasteiger partial charge in [0.2, 0.25) is 12.8 Å². The minimum atomic E-state index is -1.29. The Morgan fingerprint density at radius 1 is 0.228 bits per heavy atom. The molecule has 22 nitrogen and oxygen atoms in total. The van der Waals surface area contributed by atoms with Gasteiger partial charge in [-0.3, -0.25) is 47.9 Å². The van der Waals surface area contributed by atoms with Gasteiger partial charge in [0.1, 0.15) is 0 Å². The van der Waals surface area contributed by atoms with Gasteiger partial charge in [0.15, 0.2) is 46.3 Å². The summed E-state index contributed by atoms with van der Waals surface area (Å²) in [4.78, 5) is 169. The van der Waals surface area contributed by atoms with Crippen LogP contribution in [0.4, 0.5) is 0 Å². The summed E-state index contributed by atoms with van der Waals surface area (Å²) in [6, 6.07) is 71.7. The topological polar surface area (TPSA) is 404 Å². The number of benzene rings is 12. The first-order valence-corrected chi connectivity index (χ1v) is 33.6. The molecule has 12 aromatic rings. The number of hydrogen-bond donors (Lipinski definition) is 0. The minimum Gasteiger partial charge on any atom is -0.545 e. The fourth-order valence-corrected chi connectivity index (χ4v) is 12.8. The van der Waals surface area contributed by atoms with E-state index in [9.17, 15) is 87.5 Å². The van der Waals surface area contributed by atoms with Crippen LogP contribution in [0.25, 0.3) is 44.5 Å². The third-order valence-electron chi connectivity index (χ3n) is 17.9. The molecule has 4 aliphatic rings. The van der Waals surface area contributed by atoms with E-state index in [4.69, 9.17) is 0 Å². The van der Waals surface area contributed by atoms with E-state index in [1.54, 1.807) is 247 Å². The number of nitrogens with zero attached hydrogens (tertiary/aromatic N) is 2. The van der Waals surface area contributed by atoms with Crippen LogP contribution >= 0.6 is 0 Å². The number of rotatable bonds is 10. The molecule has 2 radical (unpaired) electrons. The van der Waals surface area contributed by atoms with Gasteiger partial charge in [-0.15, -0.1) is 0 Å². The predicted molar refractivity (Wildman–Crippen MR) is 407 cm³/mol. The molecule has 4 aliphatic carbocycles. The van der Waals surface area contributed by atoms with Crippen LogP contribution in [0, 0.1) is 0 Å². The molecule has 0 atom stereocenters. The first kappa shape index (κ1) is 87.0. The van der Waals surface area contributed by atoms with Crippen LogP contribution in [0.5, 0.6) is 0 Å². The molecule has 0 saturated heterocycles. The Kier molecular flexibility index (Phi) is 29.0. The SMILES string of the molecule is CN(C)C=O.CN(C)C=O.O=C([O-])c1cccc(-c2cccc3c2C(=O)c2ccccc2C3=O)c1.O=C([O-])c1cccc(-c2cccc3c2C(=O)c2ccccc2C3=O)c1.O=C([O-])c1cccc(-c2cccc3c2C(=O)c2ccccc2C3=O)c1.O=C([O-])c1cccc(-c2cccc3c2C(=O)c2ccccc2C3=O)c1.[Mn+2].[Mn+2].[OH3+].[OH3+]. The second-order valence-electron chi connectivity index (χ2n) is 25.3. The number of aromatic carboxylic acids is 4. The Labute approximate surface area is 672 Å². The molecule has 12 aromatic carbocycles. The van der Waals surface area contributed by atoms with Crippen molar-refractivity contribution in [2.45, 2.75) is 0 Å². The Hall–Kier alpha value is -14.2.